The van der Waals surface area contributed by atoms with Crippen molar-refractivity contribution in [1.29, 1.82) is 0 Å². The number of hydrogen-bond acceptors (Lipinski definition) is 3. The predicted octanol–water partition coefficient (Wildman–Crippen LogP) is 2.07. The van der Waals surface area contributed by atoms with Crippen molar-refractivity contribution >= 4 is 30.7 Å². The van der Waals surface area contributed by atoms with Gasteiger partial charge in [-0.2, -0.15) is 0 Å². The number of nitrogens with zero attached hydrogens (tertiary/aromatic N) is 1. The lowest BCUT2D eigenvalue weighted by Crippen LogP contribution is -2.49. The molecule has 0 aromatic heterocycles. The average molecular weight is 340 g/mol. The SMILES string of the molecule is CC(C)CN1CCC(NC(=O)C2CCCNC2)CC1.Cl.Cl. The van der Waals surface area contributed by atoms with E-state index in [1.165, 1.54) is 6.54 Å². The van der Waals surface area contributed by atoms with Gasteiger partial charge in [0, 0.05) is 32.2 Å². The standard InChI is InChI=1S/C15H29N3O.2ClH/c1-12(2)11-18-8-5-14(6-9-18)17-15(19)13-4-3-7-16-10-13;;/h12-14,16H,3-11H2,1-2H3,(H,17,19);2*1H. The van der Waals surface area contributed by atoms with Gasteiger partial charge < -0.3 is 15.5 Å². The Kier molecular flexibility index (Phi) is 10.6. The van der Waals surface area contributed by atoms with Gasteiger partial charge in [0.15, 0.2) is 0 Å². The van der Waals surface area contributed by atoms with E-state index in [4.69, 9.17) is 0 Å². The molecule has 2 fully saturated rings. The topological polar surface area (TPSA) is 44.4 Å². The summed E-state index contributed by atoms with van der Waals surface area (Å²) in [6.45, 7) is 9.91. The first-order valence-corrected chi connectivity index (χ1v) is 7.88. The summed E-state index contributed by atoms with van der Waals surface area (Å²) < 4.78 is 0. The van der Waals surface area contributed by atoms with Crippen molar-refractivity contribution in [1.82, 2.24) is 15.5 Å². The molecule has 2 heterocycles. The van der Waals surface area contributed by atoms with E-state index in [9.17, 15) is 4.79 Å². The van der Waals surface area contributed by atoms with Crippen LogP contribution in [0.3, 0.4) is 0 Å². The Morgan fingerprint density at radius 3 is 2.43 bits per heavy atom. The molecule has 6 heteroatoms. The Balaban J connectivity index is 0.00000200. The number of carbonyl (C=O) groups excluding carboxylic acids is 1. The van der Waals surface area contributed by atoms with Crippen molar-refractivity contribution in [2.75, 3.05) is 32.7 Å². The van der Waals surface area contributed by atoms with Gasteiger partial charge in [-0.25, -0.2) is 0 Å². The maximum Gasteiger partial charge on any atom is 0.224 e. The molecule has 1 atom stereocenters. The number of amides is 1. The van der Waals surface area contributed by atoms with E-state index in [1.54, 1.807) is 0 Å². The largest absolute Gasteiger partial charge is 0.353 e. The zero-order valence-electron chi connectivity index (χ0n) is 13.3. The molecule has 0 radical (unpaired) electrons. The smallest absolute Gasteiger partial charge is 0.224 e. The van der Waals surface area contributed by atoms with Gasteiger partial charge in [0.2, 0.25) is 5.91 Å². The van der Waals surface area contributed by atoms with E-state index in [2.05, 4.69) is 29.4 Å². The van der Waals surface area contributed by atoms with E-state index in [0.717, 1.165) is 57.8 Å². The third-order valence-corrected chi connectivity index (χ3v) is 4.22. The van der Waals surface area contributed by atoms with Gasteiger partial charge in [0.25, 0.3) is 0 Å². The van der Waals surface area contributed by atoms with Crippen LogP contribution in [-0.2, 0) is 4.79 Å². The lowest BCUT2D eigenvalue weighted by molar-refractivity contribution is -0.126. The molecule has 0 spiro atoms. The highest BCUT2D eigenvalue weighted by Crippen LogP contribution is 2.15. The van der Waals surface area contributed by atoms with Crippen molar-refractivity contribution in [2.24, 2.45) is 11.8 Å². The van der Waals surface area contributed by atoms with Crippen LogP contribution < -0.4 is 10.6 Å². The first kappa shape index (κ1) is 21.0. The van der Waals surface area contributed by atoms with Crippen molar-refractivity contribution in [3.63, 3.8) is 0 Å². The maximum atomic E-state index is 12.2. The van der Waals surface area contributed by atoms with Crippen LogP contribution in [0.1, 0.15) is 39.5 Å². The summed E-state index contributed by atoms with van der Waals surface area (Å²) in [5, 5.41) is 6.57. The van der Waals surface area contributed by atoms with Gasteiger partial charge in [0.1, 0.15) is 0 Å². The molecular weight excluding hydrogens is 309 g/mol. The predicted molar refractivity (Wildman–Crippen MR) is 92.5 cm³/mol. The maximum absolute atomic E-state index is 12.2. The Bertz CT molecular complexity index is 289. The number of piperidine rings is 2. The second-order valence-corrected chi connectivity index (χ2v) is 6.52. The first-order valence-electron chi connectivity index (χ1n) is 7.88. The fraction of sp³-hybridized carbons (Fsp3) is 0.933. The van der Waals surface area contributed by atoms with Crippen LogP contribution in [-0.4, -0.2) is 49.6 Å². The number of hydrogen-bond donors (Lipinski definition) is 2. The molecule has 0 aliphatic carbocycles. The zero-order chi connectivity index (χ0) is 13.7. The number of rotatable bonds is 4. The van der Waals surface area contributed by atoms with Crippen LogP contribution in [0.25, 0.3) is 0 Å². The lowest BCUT2D eigenvalue weighted by Gasteiger charge is -2.34. The molecule has 21 heavy (non-hydrogen) atoms. The van der Waals surface area contributed by atoms with E-state index in [1.807, 2.05) is 0 Å². The summed E-state index contributed by atoms with van der Waals surface area (Å²) in [4.78, 5) is 14.7. The second-order valence-electron chi connectivity index (χ2n) is 6.52. The van der Waals surface area contributed by atoms with Crippen LogP contribution in [0.15, 0.2) is 0 Å². The molecule has 2 aliphatic rings. The van der Waals surface area contributed by atoms with E-state index < -0.39 is 0 Å². The molecule has 2 aliphatic heterocycles. The number of halogens is 2. The molecule has 1 amide bonds. The Labute approximate surface area is 141 Å². The highest BCUT2D eigenvalue weighted by atomic mass is 35.5. The van der Waals surface area contributed by atoms with Crippen molar-refractivity contribution < 1.29 is 4.79 Å². The molecule has 0 aromatic carbocycles. The quantitative estimate of drug-likeness (QED) is 0.823. The van der Waals surface area contributed by atoms with Crippen molar-refractivity contribution in [3.05, 3.63) is 0 Å². The normalized spacial score (nSPS) is 24.0. The highest BCUT2D eigenvalue weighted by Gasteiger charge is 2.25. The summed E-state index contributed by atoms with van der Waals surface area (Å²) in [6, 6.07) is 0.401. The minimum Gasteiger partial charge on any atom is -0.353 e. The first-order chi connectivity index (χ1) is 9.15. The van der Waals surface area contributed by atoms with Crippen LogP contribution in [0.2, 0.25) is 0 Å². The van der Waals surface area contributed by atoms with Crippen molar-refractivity contribution in [2.45, 2.75) is 45.6 Å². The summed E-state index contributed by atoms with van der Waals surface area (Å²) in [7, 11) is 0. The highest BCUT2D eigenvalue weighted by molar-refractivity contribution is 5.85. The third-order valence-electron chi connectivity index (χ3n) is 4.22. The monoisotopic (exact) mass is 339 g/mol. The van der Waals surface area contributed by atoms with Gasteiger partial charge in [-0.05, 0) is 38.1 Å². The molecule has 4 nitrogen and oxygen atoms in total. The Morgan fingerprint density at radius 1 is 1.24 bits per heavy atom. The fourth-order valence-electron chi connectivity index (χ4n) is 3.17. The molecule has 126 valence electrons. The molecule has 2 rings (SSSR count). The van der Waals surface area contributed by atoms with E-state index in [0.29, 0.717) is 6.04 Å². The van der Waals surface area contributed by atoms with Gasteiger partial charge in [0.05, 0.1) is 5.92 Å². The van der Waals surface area contributed by atoms with Gasteiger partial charge >= 0.3 is 0 Å². The minimum atomic E-state index is 0. The molecule has 2 N–H and O–H groups in total. The Morgan fingerprint density at radius 2 is 1.90 bits per heavy atom. The number of likely N-dealkylation sites (tertiary alicyclic amines) is 1. The molecule has 0 bridgehead atoms. The number of nitrogens with one attached hydrogen (secondary N) is 2. The molecule has 0 saturated carbocycles. The van der Waals surface area contributed by atoms with Gasteiger partial charge in [-0.1, -0.05) is 13.8 Å². The summed E-state index contributed by atoms with van der Waals surface area (Å²) in [5.41, 5.74) is 0. The second kappa shape index (κ2) is 10.7. The van der Waals surface area contributed by atoms with Crippen LogP contribution in [0.4, 0.5) is 0 Å². The van der Waals surface area contributed by atoms with E-state index >= 15 is 0 Å². The van der Waals surface area contributed by atoms with Crippen LogP contribution in [0.5, 0.6) is 0 Å². The zero-order valence-corrected chi connectivity index (χ0v) is 14.9. The molecular formula is C15H31Cl2N3O. The van der Waals surface area contributed by atoms with Gasteiger partial charge in [-0.15, -0.1) is 24.8 Å². The van der Waals surface area contributed by atoms with Crippen molar-refractivity contribution in [3.8, 4) is 0 Å². The van der Waals surface area contributed by atoms with Crippen LogP contribution in [0, 0.1) is 11.8 Å². The van der Waals surface area contributed by atoms with Gasteiger partial charge in [-0.3, -0.25) is 4.79 Å². The minimum absolute atomic E-state index is 0. The summed E-state index contributed by atoms with van der Waals surface area (Å²) >= 11 is 0. The molecule has 2 saturated heterocycles. The Hall–Kier alpha value is -0.0300. The molecule has 1 unspecified atom stereocenters. The van der Waals surface area contributed by atoms with Crippen LogP contribution >= 0.6 is 24.8 Å². The average Bonchev–Trinajstić information content (AvgIpc) is 2.41. The number of carbonyl (C=O) groups is 1. The molecule has 0 aromatic rings. The summed E-state index contributed by atoms with van der Waals surface area (Å²) in [5.74, 6) is 1.21. The summed E-state index contributed by atoms with van der Waals surface area (Å²) in [6.07, 6.45) is 4.40. The lowest BCUT2D eigenvalue weighted by atomic mass is 9.97. The third kappa shape index (κ3) is 7.18. The fourth-order valence-corrected chi connectivity index (χ4v) is 3.17. The van der Waals surface area contributed by atoms with E-state index in [-0.39, 0.29) is 36.6 Å².